The number of hydrogen-bond donors (Lipinski definition) is 1. The predicted octanol–water partition coefficient (Wildman–Crippen LogP) is 4.22. The van der Waals surface area contributed by atoms with Gasteiger partial charge < -0.3 is 9.72 Å². The molecule has 1 aromatic carbocycles. The molecule has 0 unspecified atom stereocenters. The fourth-order valence-corrected chi connectivity index (χ4v) is 2.63. The number of ether oxygens (including phenoxy) is 1. The Morgan fingerprint density at radius 2 is 1.86 bits per heavy atom. The molecule has 0 saturated heterocycles. The number of benzene rings is 1. The Morgan fingerprint density at radius 1 is 1.14 bits per heavy atom. The Balaban J connectivity index is 2.19. The number of hydrogen-bond acceptors (Lipinski definition) is 3. The van der Waals surface area contributed by atoms with Crippen molar-refractivity contribution < 1.29 is 4.74 Å². The Morgan fingerprint density at radius 3 is 2.48 bits per heavy atom. The van der Waals surface area contributed by atoms with Crippen LogP contribution in [-0.4, -0.2) is 21.6 Å². The average molecular weight is 299 g/mol. The highest BCUT2D eigenvalue weighted by atomic mass is 32.1. The molecule has 2 heterocycles. The quantitative estimate of drug-likeness (QED) is 0.736. The zero-order chi connectivity index (χ0) is 15.0. The summed E-state index contributed by atoms with van der Waals surface area (Å²) in [5, 5.41) is 0. The Kier molecular flexibility index (Phi) is 3.51. The van der Waals surface area contributed by atoms with Gasteiger partial charge in [0.05, 0.1) is 12.6 Å². The van der Waals surface area contributed by atoms with E-state index in [2.05, 4.69) is 48.1 Å². The van der Waals surface area contributed by atoms with Gasteiger partial charge in [-0.05, 0) is 41.9 Å². The zero-order valence-corrected chi connectivity index (χ0v) is 13.1. The van der Waals surface area contributed by atoms with Crippen molar-refractivity contribution in [1.82, 2.24) is 14.5 Å². The van der Waals surface area contributed by atoms with Crippen LogP contribution in [0.3, 0.4) is 0 Å². The van der Waals surface area contributed by atoms with E-state index >= 15 is 0 Å². The summed E-state index contributed by atoms with van der Waals surface area (Å²) in [6.07, 6.45) is 0. The molecular weight excluding hydrogens is 282 g/mol. The molecule has 3 rings (SSSR count). The van der Waals surface area contributed by atoms with E-state index in [1.807, 2.05) is 16.7 Å². The van der Waals surface area contributed by atoms with Crippen molar-refractivity contribution in [2.24, 2.45) is 0 Å². The van der Waals surface area contributed by atoms with E-state index in [1.54, 1.807) is 7.11 Å². The molecular formula is C16H17N3OS. The van der Waals surface area contributed by atoms with E-state index in [0.717, 1.165) is 16.9 Å². The van der Waals surface area contributed by atoms with E-state index in [1.165, 1.54) is 5.56 Å². The number of nitrogens with zero attached hydrogens (tertiary/aromatic N) is 2. The zero-order valence-electron chi connectivity index (χ0n) is 12.3. The summed E-state index contributed by atoms with van der Waals surface area (Å²) in [5.41, 5.74) is 3.97. The second-order valence-corrected chi connectivity index (χ2v) is 5.62. The van der Waals surface area contributed by atoms with Crippen LogP contribution in [0, 0.1) is 4.77 Å². The molecule has 21 heavy (non-hydrogen) atoms. The fraction of sp³-hybridized carbons (Fsp3) is 0.250. The van der Waals surface area contributed by atoms with E-state index < -0.39 is 0 Å². The SMILES string of the molecule is COc1ccc2[nH]c(=S)n(-c3ccc(C(C)C)cc3)c2n1. The number of aromatic amines is 1. The van der Waals surface area contributed by atoms with Gasteiger partial charge in [-0.3, -0.25) is 4.57 Å². The van der Waals surface area contributed by atoms with Gasteiger partial charge >= 0.3 is 0 Å². The molecule has 2 aromatic heterocycles. The molecule has 0 saturated carbocycles. The minimum absolute atomic E-state index is 0.508. The lowest BCUT2D eigenvalue weighted by atomic mass is 10.0. The van der Waals surface area contributed by atoms with Gasteiger partial charge in [0.2, 0.25) is 5.88 Å². The molecule has 0 aliphatic heterocycles. The van der Waals surface area contributed by atoms with Gasteiger partial charge in [-0.2, -0.15) is 4.98 Å². The number of pyridine rings is 1. The summed E-state index contributed by atoms with van der Waals surface area (Å²) in [5.74, 6) is 1.08. The third-order valence-electron chi connectivity index (χ3n) is 3.53. The van der Waals surface area contributed by atoms with Crippen molar-refractivity contribution in [2.45, 2.75) is 19.8 Å². The maximum atomic E-state index is 5.43. The molecule has 0 aliphatic carbocycles. The lowest BCUT2D eigenvalue weighted by molar-refractivity contribution is 0.399. The summed E-state index contributed by atoms with van der Waals surface area (Å²) in [4.78, 5) is 7.67. The largest absolute Gasteiger partial charge is 0.481 e. The molecule has 0 spiro atoms. The maximum absolute atomic E-state index is 5.43. The first-order valence-corrected chi connectivity index (χ1v) is 7.27. The van der Waals surface area contributed by atoms with Crippen LogP contribution in [0.2, 0.25) is 0 Å². The molecule has 4 nitrogen and oxygen atoms in total. The molecule has 1 N–H and O–H groups in total. The number of methoxy groups -OCH3 is 1. The van der Waals surface area contributed by atoms with E-state index in [-0.39, 0.29) is 0 Å². The number of aromatic nitrogens is 3. The molecule has 3 aromatic rings. The van der Waals surface area contributed by atoms with Crippen LogP contribution in [0.5, 0.6) is 5.88 Å². The Hall–Kier alpha value is -2.14. The molecule has 0 fully saturated rings. The van der Waals surface area contributed by atoms with Gasteiger partial charge in [0.1, 0.15) is 0 Å². The van der Waals surface area contributed by atoms with Crippen LogP contribution in [0.1, 0.15) is 25.3 Å². The Bertz CT molecular complexity index is 831. The summed E-state index contributed by atoms with van der Waals surface area (Å²) in [6, 6.07) is 12.1. The summed E-state index contributed by atoms with van der Waals surface area (Å²) >= 11 is 5.43. The van der Waals surface area contributed by atoms with Gasteiger partial charge in [-0.1, -0.05) is 26.0 Å². The van der Waals surface area contributed by atoms with Crippen molar-refractivity contribution in [3.05, 3.63) is 46.7 Å². The van der Waals surface area contributed by atoms with Gasteiger partial charge in [0, 0.05) is 11.8 Å². The number of nitrogens with one attached hydrogen (secondary N) is 1. The molecule has 0 bridgehead atoms. The first kappa shape index (κ1) is 13.8. The average Bonchev–Trinajstić information content (AvgIpc) is 2.82. The van der Waals surface area contributed by atoms with Crippen LogP contribution in [0.15, 0.2) is 36.4 Å². The van der Waals surface area contributed by atoms with Crippen LogP contribution in [0.4, 0.5) is 0 Å². The normalized spacial score (nSPS) is 11.2. The van der Waals surface area contributed by atoms with Crippen LogP contribution >= 0.6 is 12.2 Å². The van der Waals surface area contributed by atoms with Crippen LogP contribution < -0.4 is 4.74 Å². The standard InChI is InChI=1S/C16H17N3OS/c1-10(2)11-4-6-12(7-5-11)19-15-13(17-16(19)21)8-9-14(18-15)20-3/h4-10H,1-3H3,(H,17,21). The van der Waals surface area contributed by atoms with E-state index in [4.69, 9.17) is 17.0 Å². The summed E-state index contributed by atoms with van der Waals surface area (Å²) in [7, 11) is 1.61. The number of rotatable bonds is 3. The first-order valence-electron chi connectivity index (χ1n) is 6.86. The van der Waals surface area contributed by atoms with E-state index in [9.17, 15) is 0 Å². The minimum atomic E-state index is 0.508. The Labute approximate surface area is 128 Å². The van der Waals surface area contributed by atoms with Crippen LogP contribution in [-0.2, 0) is 0 Å². The predicted molar refractivity (Wildman–Crippen MR) is 86.9 cm³/mol. The van der Waals surface area contributed by atoms with Gasteiger partial charge in [-0.15, -0.1) is 0 Å². The van der Waals surface area contributed by atoms with Crippen molar-refractivity contribution in [2.75, 3.05) is 7.11 Å². The first-order chi connectivity index (χ1) is 10.1. The van der Waals surface area contributed by atoms with Crippen molar-refractivity contribution in [3.63, 3.8) is 0 Å². The van der Waals surface area contributed by atoms with Crippen LogP contribution in [0.25, 0.3) is 16.9 Å². The summed E-state index contributed by atoms with van der Waals surface area (Å²) < 4.78 is 7.76. The number of H-pyrrole nitrogens is 1. The van der Waals surface area contributed by atoms with E-state index in [0.29, 0.717) is 16.6 Å². The highest BCUT2D eigenvalue weighted by molar-refractivity contribution is 7.71. The summed E-state index contributed by atoms with van der Waals surface area (Å²) in [6.45, 7) is 4.36. The lowest BCUT2D eigenvalue weighted by Gasteiger charge is -2.08. The lowest BCUT2D eigenvalue weighted by Crippen LogP contribution is -1.97. The smallest absolute Gasteiger partial charge is 0.215 e. The topological polar surface area (TPSA) is 42.8 Å². The van der Waals surface area contributed by atoms with Crippen molar-refractivity contribution in [3.8, 4) is 11.6 Å². The highest BCUT2D eigenvalue weighted by Crippen LogP contribution is 2.22. The second kappa shape index (κ2) is 5.33. The van der Waals surface area contributed by atoms with Gasteiger partial charge in [-0.25, -0.2) is 0 Å². The molecule has 5 heteroatoms. The van der Waals surface area contributed by atoms with Crippen molar-refractivity contribution >= 4 is 23.4 Å². The second-order valence-electron chi connectivity index (χ2n) is 5.24. The monoisotopic (exact) mass is 299 g/mol. The third-order valence-corrected chi connectivity index (χ3v) is 3.82. The van der Waals surface area contributed by atoms with Gasteiger partial charge in [0.15, 0.2) is 10.4 Å². The van der Waals surface area contributed by atoms with Gasteiger partial charge in [0.25, 0.3) is 0 Å². The highest BCUT2D eigenvalue weighted by Gasteiger charge is 2.09. The number of imidazole rings is 1. The molecule has 0 aliphatic rings. The molecule has 0 amide bonds. The third kappa shape index (κ3) is 2.45. The molecule has 0 radical (unpaired) electrons. The molecule has 108 valence electrons. The fourth-order valence-electron chi connectivity index (χ4n) is 2.33. The maximum Gasteiger partial charge on any atom is 0.215 e. The minimum Gasteiger partial charge on any atom is -0.481 e. The molecule has 0 atom stereocenters. The van der Waals surface area contributed by atoms with Crippen molar-refractivity contribution in [1.29, 1.82) is 0 Å². The number of fused-ring (bicyclic) bond motifs is 1.